The zero-order valence-electron chi connectivity index (χ0n) is 9.37. The Morgan fingerprint density at radius 2 is 1.93 bits per heavy atom. The van der Waals surface area contributed by atoms with Crippen LogP contribution in [0.3, 0.4) is 0 Å². The van der Waals surface area contributed by atoms with Gasteiger partial charge in [0, 0.05) is 5.92 Å². The van der Waals surface area contributed by atoms with Crippen LogP contribution in [0.1, 0.15) is 27.2 Å². The standard InChI is InChI=1S/C12H17FO2/c1-12(2,3)15-11(14)9-7-4-5-8(6-7)10(9)13/h4-5,7-10H,6H2,1-3H3. The molecule has 1 saturated carbocycles. The molecule has 0 spiro atoms. The molecule has 15 heavy (non-hydrogen) atoms. The number of ether oxygens (including phenoxy) is 1. The van der Waals surface area contributed by atoms with Crippen LogP contribution < -0.4 is 0 Å². The maximum absolute atomic E-state index is 13.8. The van der Waals surface area contributed by atoms with Gasteiger partial charge in [0.2, 0.25) is 0 Å². The quantitative estimate of drug-likeness (QED) is 0.493. The van der Waals surface area contributed by atoms with Crippen molar-refractivity contribution in [3.63, 3.8) is 0 Å². The summed E-state index contributed by atoms with van der Waals surface area (Å²) in [5.41, 5.74) is -0.525. The molecule has 0 aliphatic heterocycles. The third-order valence-corrected chi connectivity index (χ3v) is 3.04. The highest BCUT2D eigenvalue weighted by molar-refractivity contribution is 5.75. The number of halogens is 1. The first-order valence-corrected chi connectivity index (χ1v) is 5.44. The molecule has 0 saturated heterocycles. The predicted octanol–water partition coefficient (Wildman–Crippen LogP) is 2.49. The zero-order valence-corrected chi connectivity index (χ0v) is 9.37. The third kappa shape index (κ3) is 1.92. The van der Waals surface area contributed by atoms with Crippen molar-refractivity contribution in [3.8, 4) is 0 Å². The zero-order chi connectivity index (χ0) is 11.2. The van der Waals surface area contributed by atoms with Crippen LogP contribution in [0, 0.1) is 17.8 Å². The summed E-state index contributed by atoms with van der Waals surface area (Å²) in [6, 6.07) is 0. The average Bonchev–Trinajstić information content (AvgIpc) is 2.59. The molecule has 84 valence electrons. The smallest absolute Gasteiger partial charge is 0.313 e. The highest BCUT2D eigenvalue weighted by Crippen LogP contribution is 2.46. The number of hydrogen-bond donors (Lipinski definition) is 0. The van der Waals surface area contributed by atoms with Crippen molar-refractivity contribution in [2.45, 2.75) is 39.0 Å². The monoisotopic (exact) mass is 212 g/mol. The van der Waals surface area contributed by atoms with Gasteiger partial charge >= 0.3 is 5.97 Å². The average molecular weight is 212 g/mol. The number of fused-ring (bicyclic) bond motifs is 2. The Balaban J connectivity index is 2.06. The van der Waals surface area contributed by atoms with Gasteiger partial charge < -0.3 is 4.74 Å². The number of rotatable bonds is 1. The van der Waals surface area contributed by atoms with E-state index in [4.69, 9.17) is 4.74 Å². The lowest BCUT2D eigenvalue weighted by Crippen LogP contribution is -2.35. The van der Waals surface area contributed by atoms with Gasteiger partial charge in [-0.15, -0.1) is 0 Å². The van der Waals surface area contributed by atoms with Crippen molar-refractivity contribution in [2.24, 2.45) is 17.8 Å². The molecule has 1 fully saturated rings. The maximum atomic E-state index is 13.8. The van der Waals surface area contributed by atoms with Crippen LogP contribution in [0.2, 0.25) is 0 Å². The van der Waals surface area contributed by atoms with Gasteiger partial charge in [-0.25, -0.2) is 4.39 Å². The predicted molar refractivity (Wildman–Crippen MR) is 55.0 cm³/mol. The molecule has 2 aliphatic carbocycles. The Hall–Kier alpha value is -0.860. The van der Waals surface area contributed by atoms with Gasteiger partial charge in [-0.1, -0.05) is 12.2 Å². The number of hydrogen-bond acceptors (Lipinski definition) is 2. The Kier molecular flexibility index (Phi) is 2.36. The summed E-state index contributed by atoms with van der Waals surface area (Å²) in [5.74, 6) is -0.960. The third-order valence-electron chi connectivity index (χ3n) is 3.04. The van der Waals surface area contributed by atoms with Gasteiger partial charge in [-0.2, -0.15) is 0 Å². The number of esters is 1. The summed E-state index contributed by atoms with van der Waals surface area (Å²) in [5, 5.41) is 0. The second kappa shape index (κ2) is 3.32. The van der Waals surface area contributed by atoms with Crippen molar-refractivity contribution >= 4 is 5.97 Å². The van der Waals surface area contributed by atoms with E-state index >= 15 is 0 Å². The lowest BCUT2D eigenvalue weighted by Gasteiger charge is -2.26. The van der Waals surface area contributed by atoms with Crippen LogP contribution in [-0.4, -0.2) is 17.7 Å². The first-order valence-electron chi connectivity index (χ1n) is 5.44. The van der Waals surface area contributed by atoms with Gasteiger partial charge in [0.15, 0.2) is 0 Å². The fourth-order valence-electron chi connectivity index (χ4n) is 2.44. The van der Waals surface area contributed by atoms with Crippen molar-refractivity contribution < 1.29 is 13.9 Å². The van der Waals surface area contributed by atoms with E-state index in [-0.39, 0.29) is 17.8 Å². The summed E-state index contributed by atoms with van der Waals surface area (Å²) in [6.07, 6.45) is 3.56. The Bertz CT molecular complexity index is 303. The Morgan fingerprint density at radius 1 is 1.33 bits per heavy atom. The molecule has 0 aromatic carbocycles. The van der Waals surface area contributed by atoms with Crippen LogP contribution >= 0.6 is 0 Å². The van der Waals surface area contributed by atoms with Gasteiger partial charge in [0.25, 0.3) is 0 Å². The van der Waals surface area contributed by atoms with E-state index in [0.29, 0.717) is 0 Å². The molecular formula is C12H17FO2. The fourth-order valence-corrected chi connectivity index (χ4v) is 2.44. The number of carbonyl (C=O) groups excluding carboxylic acids is 1. The molecule has 0 radical (unpaired) electrons. The summed E-state index contributed by atoms with van der Waals surface area (Å²) in [7, 11) is 0. The van der Waals surface area contributed by atoms with E-state index in [9.17, 15) is 9.18 Å². The fraction of sp³-hybridized carbons (Fsp3) is 0.750. The largest absolute Gasteiger partial charge is 0.460 e. The minimum Gasteiger partial charge on any atom is -0.460 e. The minimum atomic E-state index is -1.05. The van der Waals surface area contributed by atoms with Crippen LogP contribution in [0.5, 0.6) is 0 Å². The Morgan fingerprint density at radius 3 is 2.40 bits per heavy atom. The molecule has 0 N–H and O–H groups in total. The Labute approximate surface area is 89.5 Å². The van der Waals surface area contributed by atoms with E-state index in [1.165, 1.54) is 0 Å². The molecule has 2 nitrogen and oxygen atoms in total. The second-order valence-electron chi connectivity index (χ2n) is 5.45. The molecule has 3 heteroatoms. The highest BCUT2D eigenvalue weighted by Gasteiger charge is 2.50. The van der Waals surface area contributed by atoms with E-state index in [1.54, 1.807) is 20.8 Å². The minimum absolute atomic E-state index is 0.0554. The second-order valence-corrected chi connectivity index (χ2v) is 5.45. The molecule has 0 heterocycles. The van der Waals surface area contributed by atoms with Crippen LogP contribution in [-0.2, 0) is 9.53 Å². The summed E-state index contributed by atoms with van der Waals surface area (Å²) in [4.78, 5) is 11.8. The normalized spacial score (nSPS) is 38.4. The molecule has 2 rings (SSSR count). The van der Waals surface area contributed by atoms with Crippen molar-refractivity contribution in [1.82, 2.24) is 0 Å². The van der Waals surface area contributed by atoms with Crippen molar-refractivity contribution in [3.05, 3.63) is 12.2 Å². The SMILES string of the molecule is CC(C)(C)OC(=O)C1C2C=CC(C2)C1F. The molecule has 0 aromatic heterocycles. The molecule has 0 amide bonds. The van der Waals surface area contributed by atoms with Crippen LogP contribution in [0.25, 0.3) is 0 Å². The lowest BCUT2D eigenvalue weighted by molar-refractivity contribution is -0.163. The first-order chi connectivity index (χ1) is 6.88. The molecule has 2 aliphatic rings. The molecule has 4 unspecified atom stereocenters. The number of carbonyl (C=O) groups is 1. The van der Waals surface area contributed by atoms with E-state index in [0.717, 1.165) is 6.42 Å². The number of alkyl halides is 1. The highest BCUT2D eigenvalue weighted by atomic mass is 19.1. The van der Waals surface area contributed by atoms with Gasteiger partial charge in [-0.05, 0) is 33.1 Å². The molecule has 4 atom stereocenters. The summed E-state index contributed by atoms with van der Waals surface area (Å²) in [6.45, 7) is 5.42. The van der Waals surface area contributed by atoms with Crippen molar-refractivity contribution in [2.75, 3.05) is 0 Å². The number of allylic oxidation sites excluding steroid dienone is 2. The van der Waals surface area contributed by atoms with Gasteiger partial charge in [0.05, 0.1) is 5.92 Å². The van der Waals surface area contributed by atoms with Crippen LogP contribution in [0.15, 0.2) is 12.2 Å². The molecular weight excluding hydrogens is 195 g/mol. The topological polar surface area (TPSA) is 26.3 Å². The van der Waals surface area contributed by atoms with E-state index < -0.39 is 17.7 Å². The summed E-state index contributed by atoms with van der Waals surface area (Å²) >= 11 is 0. The maximum Gasteiger partial charge on any atom is 0.313 e. The lowest BCUT2D eigenvalue weighted by atomic mass is 9.92. The molecule has 2 bridgehead atoms. The first kappa shape index (κ1) is 10.7. The van der Waals surface area contributed by atoms with E-state index in [1.807, 2.05) is 12.2 Å². The van der Waals surface area contributed by atoms with Gasteiger partial charge in [0.1, 0.15) is 11.8 Å². The van der Waals surface area contributed by atoms with E-state index in [2.05, 4.69) is 0 Å². The molecule has 0 aromatic rings. The van der Waals surface area contributed by atoms with Crippen LogP contribution in [0.4, 0.5) is 4.39 Å². The summed E-state index contributed by atoms with van der Waals surface area (Å²) < 4.78 is 19.0. The van der Waals surface area contributed by atoms with Crippen molar-refractivity contribution in [1.29, 1.82) is 0 Å². The van der Waals surface area contributed by atoms with Gasteiger partial charge in [-0.3, -0.25) is 4.79 Å².